The van der Waals surface area contributed by atoms with Crippen LogP contribution in [0, 0.1) is 0 Å². The van der Waals surface area contributed by atoms with Gasteiger partial charge in [-0.05, 0) is 13.3 Å². The molecule has 0 aliphatic rings. The van der Waals surface area contributed by atoms with Crippen molar-refractivity contribution in [1.29, 1.82) is 0 Å². The maximum Gasteiger partial charge on any atom is 0.543 e. The van der Waals surface area contributed by atoms with Crippen LogP contribution in [0.3, 0.4) is 0 Å². The molecule has 0 aliphatic heterocycles. The van der Waals surface area contributed by atoms with Gasteiger partial charge in [0.1, 0.15) is 0 Å². The molecular formula is C10H20O5Si. The van der Waals surface area contributed by atoms with E-state index in [9.17, 15) is 4.79 Å². The van der Waals surface area contributed by atoms with Gasteiger partial charge in [0.2, 0.25) is 0 Å². The zero-order valence-electron chi connectivity index (χ0n) is 10.5. The molecule has 0 saturated carbocycles. The normalized spacial score (nSPS) is 13.3. The summed E-state index contributed by atoms with van der Waals surface area (Å²) in [5.74, 6) is -0.463. The Bertz CT molecular complexity index is 241. The van der Waals surface area contributed by atoms with Crippen LogP contribution in [0.5, 0.6) is 0 Å². The van der Waals surface area contributed by atoms with Crippen molar-refractivity contribution in [2.24, 2.45) is 0 Å². The number of carbonyl (C=O) groups is 1. The van der Waals surface area contributed by atoms with E-state index in [0.717, 1.165) is 0 Å². The Balaban J connectivity index is 4.81. The molecule has 0 aromatic rings. The summed E-state index contributed by atoms with van der Waals surface area (Å²) in [4.78, 5) is 11.4. The lowest BCUT2D eigenvalue weighted by atomic mass is 10.4. The molecule has 6 heteroatoms. The highest BCUT2D eigenvalue weighted by molar-refractivity contribution is 6.62. The Kier molecular flexibility index (Phi) is 6.50. The topological polar surface area (TPSA) is 54.0 Å². The molecule has 0 N–H and O–H groups in total. The summed E-state index contributed by atoms with van der Waals surface area (Å²) in [6, 6.07) is 0. The van der Waals surface area contributed by atoms with Crippen molar-refractivity contribution in [3.05, 3.63) is 12.2 Å². The van der Waals surface area contributed by atoms with Gasteiger partial charge in [-0.15, -0.1) is 0 Å². The van der Waals surface area contributed by atoms with E-state index in [4.69, 9.17) is 18.0 Å². The molecule has 0 spiro atoms. The van der Waals surface area contributed by atoms with Crippen molar-refractivity contribution in [1.82, 2.24) is 0 Å². The van der Waals surface area contributed by atoms with E-state index in [1.54, 1.807) is 6.92 Å². The maximum absolute atomic E-state index is 11.4. The second-order valence-corrected chi connectivity index (χ2v) is 6.37. The van der Waals surface area contributed by atoms with Crippen LogP contribution in [-0.4, -0.2) is 41.8 Å². The smallest absolute Gasteiger partial charge is 0.454 e. The summed E-state index contributed by atoms with van der Waals surface area (Å²) in [6.45, 7) is 6.98. The number of ether oxygens (including phenoxy) is 1. The number of hydrogen-bond donors (Lipinski definition) is 0. The SMILES string of the molecule is C=C(C)C(=O)O[C@@H](CC)[Si](OC)(OC)OC. The molecule has 0 saturated heterocycles. The minimum Gasteiger partial charge on any atom is -0.454 e. The maximum atomic E-state index is 11.4. The summed E-state index contributed by atoms with van der Waals surface area (Å²) in [6.07, 6.45) is 0.556. The van der Waals surface area contributed by atoms with Gasteiger partial charge in [-0.2, -0.15) is 0 Å². The molecule has 0 unspecified atom stereocenters. The predicted octanol–water partition coefficient (Wildman–Crippen LogP) is 1.30. The summed E-state index contributed by atoms with van der Waals surface area (Å²) >= 11 is 0. The first-order valence-corrected chi connectivity index (χ1v) is 6.79. The van der Waals surface area contributed by atoms with Gasteiger partial charge >= 0.3 is 14.8 Å². The van der Waals surface area contributed by atoms with Gasteiger partial charge in [0.05, 0.1) is 0 Å². The molecule has 0 radical (unpaired) electrons. The van der Waals surface area contributed by atoms with Crippen molar-refractivity contribution >= 4 is 14.8 Å². The minimum atomic E-state index is -2.94. The molecule has 16 heavy (non-hydrogen) atoms. The first-order valence-electron chi connectivity index (χ1n) is 4.99. The van der Waals surface area contributed by atoms with Gasteiger partial charge in [-0.1, -0.05) is 13.5 Å². The first kappa shape index (κ1) is 15.3. The minimum absolute atomic E-state index is 0.338. The Morgan fingerprint density at radius 3 is 1.94 bits per heavy atom. The second-order valence-electron chi connectivity index (χ2n) is 3.30. The average Bonchev–Trinajstić information content (AvgIpc) is 2.29. The van der Waals surface area contributed by atoms with E-state index >= 15 is 0 Å². The Morgan fingerprint density at radius 2 is 1.69 bits per heavy atom. The highest BCUT2D eigenvalue weighted by Gasteiger charge is 2.49. The van der Waals surface area contributed by atoms with Crippen molar-refractivity contribution in [3.8, 4) is 0 Å². The lowest BCUT2D eigenvalue weighted by Crippen LogP contribution is -2.56. The van der Waals surface area contributed by atoms with Gasteiger partial charge < -0.3 is 18.0 Å². The van der Waals surface area contributed by atoms with Crippen LogP contribution in [0.1, 0.15) is 20.3 Å². The van der Waals surface area contributed by atoms with Crippen LogP contribution in [-0.2, 0) is 22.8 Å². The third kappa shape index (κ3) is 3.41. The summed E-state index contributed by atoms with van der Waals surface area (Å²) < 4.78 is 21.0. The molecule has 1 atom stereocenters. The number of hydrogen-bond acceptors (Lipinski definition) is 5. The number of esters is 1. The van der Waals surface area contributed by atoms with Crippen LogP contribution in [0.25, 0.3) is 0 Å². The lowest BCUT2D eigenvalue weighted by Gasteiger charge is -2.31. The van der Waals surface area contributed by atoms with Crippen molar-refractivity contribution < 1.29 is 22.8 Å². The molecular weight excluding hydrogens is 228 g/mol. The number of carbonyl (C=O) groups excluding carboxylic acids is 1. The summed E-state index contributed by atoms with van der Waals surface area (Å²) in [7, 11) is 1.51. The van der Waals surface area contributed by atoms with Crippen LogP contribution in [0.2, 0.25) is 0 Å². The van der Waals surface area contributed by atoms with Crippen molar-refractivity contribution in [2.75, 3.05) is 21.3 Å². The average molecular weight is 248 g/mol. The molecule has 0 aromatic heterocycles. The molecule has 0 heterocycles. The number of rotatable bonds is 7. The third-order valence-electron chi connectivity index (χ3n) is 2.22. The van der Waals surface area contributed by atoms with E-state index in [2.05, 4.69) is 6.58 Å². The largest absolute Gasteiger partial charge is 0.543 e. The Hall–Kier alpha value is -0.693. The molecule has 94 valence electrons. The van der Waals surface area contributed by atoms with Crippen LogP contribution in [0.4, 0.5) is 0 Å². The fraction of sp³-hybridized carbons (Fsp3) is 0.700. The fourth-order valence-electron chi connectivity index (χ4n) is 1.28. The van der Waals surface area contributed by atoms with Crippen molar-refractivity contribution in [3.63, 3.8) is 0 Å². The summed E-state index contributed by atoms with van der Waals surface area (Å²) in [5.41, 5.74) is -0.179. The molecule has 0 fully saturated rings. The molecule has 0 rings (SSSR count). The molecule has 0 aliphatic carbocycles. The van der Waals surface area contributed by atoms with Gasteiger partial charge in [0.15, 0.2) is 5.73 Å². The van der Waals surface area contributed by atoms with Crippen LogP contribution >= 0.6 is 0 Å². The summed E-state index contributed by atoms with van der Waals surface area (Å²) in [5, 5.41) is 0. The highest BCUT2D eigenvalue weighted by Crippen LogP contribution is 2.19. The Labute approximate surface area is 97.7 Å². The zero-order valence-corrected chi connectivity index (χ0v) is 11.5. The highest BCUT2D eigenvalue weighted by atomic mass is 28.4. The first-order chi connectivity index (χ1) is 7.47. The van der Waals surface area contributed by atoms with E-state index in [-0.39, 0.29) is 0 Å². The standard InChI is InChI=1S/C10H20O5Si/c1-7-9(15-10(11)8(2)3)16(12-4,13-5)14-6/h9H,2,7H2,1,3-6H3/t9-/m1/s1. The second kappa shape index (κ2) is 6.80. The van der Waals surface area contributed by atoms with E-state index in [1.807, 2.05) is 6.92 Å². The van der Waals surface area contributed by atoms with E-state index in [0.29, 0.717) is 12.0 Å². The quantitative estimate of drug-likeness (QED) is 0.386. The molecule has 0 bridgehead atoms. The molecule has 0 aromatic carbocycles. The van der Waals surface area contributed by atoms with Gasteiger partial charge in [-0.25, -0.2) is 4.79 Å². The zero-order chi connectivity index (χ0) is 12.8. The van der Waals surface area contributed by atoms with E-state index in [1.165, 1.54) is 21.3 Å². The fourth-order valence-corrected chi connectivity index (χ4v) is 3.32. The van der Waals surface area contributed by atoms with Gasteiger partial charge in [0, 0.05) is 26.9 Å². The van der Waals surface area contributed by atoms with Crippen molar-refractivity contribution in [2.45, 2.75) is 26.0 Å². The molecule has 5 nitrogen and oxygen atoms in total. The monoisotopic (exact) mass is 248 g/mol. The Morgan fingerprint density at radius 1 is 1.25 bits per heavy atom. The lowest BCUT2D eigenvalue weighted by molar-refractivity contribution is -0.143. The van der Waals surface area contributed by atoms with E-state index < -0.39 is 20.5 Å². The molecule has 0 amide bonds. The van der Waals surface area contributed by atoms with Crippen LogP contribution < -0.4 is 0 Å². The van der Waals surface area contributed by atoms with Crippen LogP contribution in [0.15, 0.2) is 12.2 Å². The predicted molar refractivity (Wildman–Crippen MR) is 61.8 cm³/mol. The van der Waals surface area contributed by atoms with Gasteiger partial charge in [-0.3, -0.25) is 0 Å². The van der Waals surface area contributed by atoms with Gasteiger partial charge in [0.25, 0.3) is 0 Å². The third-order valence-corrected chi connectivity index (χ3v) is 5.24.